The summed E-state index contributed by atoms with van der Waals surface area (Å²) < 4.78 is 19.1. The quantitative estimate of drug-likeness (QED) is 0.726. The molecule has 0 unspecified atom stereocenters. The van der Waals surface area contributed by atoms with Crippen LogP contribution >= 0.6 is 0 Å². The number of rotatable bonds is 6. The first kappa shape index (κ1) is 16.4. The highest BCUT2D eigenvalue weighted by Crippen LogP contribution is 2.27. The van der Waals surface area contributed by atoms with E-state index in [1.54, 1.807) is 12.4 Å². The third-order valence-corrected chi connectivity index (χ3v) is 3.75. The van der Waals surface area contributed by atoms with Crippen LogP contribution in [0.1, 0.15) is 20.3 Å². The van der Waals surface area contributed by atoms with E-state index in [2.05, 4.69) is 28.8 Å². The molecule has 0 saturated heterocycles. The third kappa shape index (κ3) is 3.71. The van der Waals surface area contributed by atoms with Gasteiger partial charge in [-0.1, -0.05) is 13.8 Å². The van der Waals surface area contributed by atoms with Crippen molar-refractivity contribution in [2.75, 3.05) is 6.61 Å². The van der Waals surface area contributed by atoms with Crippen LogP contribution in [0.25, 0.3) is 22.3 Å². The molecule has 0 aromatic carbocycles. The molecule has 3 N–H and O–H groups in total. The maximum atomic E-state index is 13.4. The van der Waals surface area contributed by atoms with Crippen LogP contribution in [-0.4, -0.2) is 27.6 Å². The minimum absolute atomic E-state index is 0.00680. The van der Waals surface area contributed by atoms with Crippen LogP contribution in [0.5, 0.6) is 5.75 Å². The molecule has 5 nitrogen and oxygen atoms in total. The average molecular weight is 328 g/mol. The SMILES string of the molecule is CC(C)C[C@H](N)COc1ccc(-c2c[nH]c3ncc(F)cc23)nc1. The molecule has 0 saturated carbocycles. The van der Waals surface area contributed by atoms with Crippen LogP contribution in [0.15, 0.2) is 36.8 Å². The monoisotopic (exact) mass is 328 g/mol. The van der Waals surface area contributed by atoms with E-state index in [4.69, 9.17) is 10.5 Å². The number of ether oxygens (including phenoxy) is 1. The number of aromatic amines is 1. The summed E-state index contributed by atoms with van der Waals surface area (Å²) in [4.78, 5) is 11.4. The van der Waals surface area contributed by atoms with Gasteiger partial charge in [0, 0.05) is 23.2 Å². The maximum absolute atomic E-state index is 13.4. The second-order valence-corrected chi connectivity index (χ2v) is 6.33. The molecule has 3 aromatic rings. The predicted molar refractivity (Wildman–Crippen MR) is 92.2 cm³/mol. The van der Waals surface area contributed by atoms with Gasteiger partial charge in [0.1, 0.15) is 23.8 Å². The van der Waals surface area contributed by atoms with Crippen LogP contribution in [0.3, 0.4) is 0 Å². The van der Waals surface area contributed by atoms with E-state index in [0.29, 0.717) is 29.3 Å². The van der Waals surface area contributed by atoms with E-state index in [1.807, 2.05) is 12.1 Å². The van der Waals surface area contributed by atoms with Gasteiger partial charge in [-0.2, -0.15) is 0 Å². The number of nitrogens with zero attached hydrogens (tertiary/aromatic N) is 2. The Kier molecular flexibility index (Phi) is 4.76. The van der Waals surface area contributed by atoms with Gasteiger partial charge in [-0.05, 0) is 30.5 Å². The first-order valence-corrected chi connectivity index (χ1v) is 8.00. The molecule has 126 valence electrons. The lowest BCUT2D eigenvalue weighted by Gasteiger charge is -2.15. The highest BCUT2D eigenvalue weighted by Gasteiger charge is 2.10. The van der Waals surface area contributed by atoms with Gasteiger partial charge in [0.05, 0.1) is 18.1 Å². The van der Waals surface area contributed by atoms with Gasteiger partial charge < -0.3 is 15.5 Å². The van der Waals surface area contributed by atoms with Crippen molar-refractivity contribution in [1.29, 1.82) is 0 Å². The molecule has 0 radical (unpaired) electrons. The summed E-state index contributed by atoms with van der Waals surface area (Å²) >= 11 is 0. The Labute approximate surface area is 140 Å². The summed E-state index contributed by atoms with van der Waals surface area (Å²) in [5.41, 5.74) is 8.18. The second-order valence-electron chi connectivity index (χ2n) is 6.33. The normalized spacial score (nSPS) is 12.7. The summed E-state index contributed by atoms with van der Waals surface area (Å²) in [6, 6.07) is 5.14. The third-order valence-electron chi connectivity index (χ3n) is 3.75. The molecule has 0 fully saturated rings. The number of H-pyrrole nitrogens is 1. The minimum atomic E-state index is -0.373. The van der Waals surface area contributed by atoms with Crippen LogP contribution in [0.2, 0.25) is 0 Å². The number of hydrogen-bond donors (Lipinski definition) is 2. The molecule has 3 rings (SSSR count). The lowest BCUT2D eigenvalue weighted by molar-refractivity contribution is 0.270. The highest BCUT2D eigenvalue weighted by atomic mass is 19.1. The summed E-state index contributed by atoms with van der Waals surface area (Å²) in [5, 5.41) is 0.704. The van der Waals surface area contributed by atoms with E-state index in [-0.39, 0.29) is 11.9 Å². The number of aromatic nitrogens is 3. The van der Waals surface area contributed by atoms with Crippen molar-refractivity contribution in [2.45, 2.75) is 26.3 Å². The first-order valence-electron chi connectivity index (χ1n) is 8.00. The van der Waals surface area contributed by atoms with Gasteiger partial charge >= 0.3 is 0 Å². The van der Waals surface area contributed by atoms with Crippen molar-refractivity contribution in [3.05, 3.63) is 42.6 Å². The lowest BCUT2D eigenvalue weighted by Crippen LogP contribution is -2.29. The summed E-state index contributed by atoms with van der Waals surface area (Å²) in [6.45, 7) is 4.73. The van der Waals surface area contributed by atoms with Crippen molar-refractivity contribution >= 4 is 11.0 Å². The van der Waals surface area contributed by atoms with Gasteiger partial charge in [-0.15, -0.1) is 0 Å². The summed E-state index contributed by atoms with van der Waals surface area (Å²) in [5.74, 6) is 0.838. The zero-order chi connectivity index (χ0) is 17.1. The summed E-state index contributed by atoms with van der Waals surface area (Å²) in [6.07, 6.45) is 5.54. The van der Waals surface area contributed by atoms with E-state index >= 15 is 0 Å². The van der Waals surface area contributed by atoms with Crippen LogP contribution in [0, 0.1) is 11.7 Å². The van der Waals surface area contributed by atoms with E-state index in [0.717, 1.165) is 17.7 Å². The topological polar surface area (TPSA) is 76.8 Å². The molecule has 6 heteroatoms. The fourth-order valence-corrected chi connectivity index (χ4v) is 2.69. The summed E-state index contributed by atoms with van der Waals surface area (Å²) in [7, 11) is 0. The molecule has 0 aliphatic heterocycles. The number of nitrogens with one attached hydrogen (secondary N) is 1. The standard InChI is InChI=1S/C18H21FN4O/c1-11(2)5-13(20)10-24-14-3-4-17(21-8-14)16-9-23-18-15(16)6-12(19)7-22-18/h3-4,6-9,11,13H,5,10,20H2,1-2H3,(H,22,23)/t13-/m0/s1. The second kappa shape index (κ2) is 6.97. The largest absolute Gasteiger partial charge is 0.490 e. The highest BCUT2D eigenvalue weighted by molar-refractivity contribution is 5.92. The fraction of sp³-hybridized carbons (Fsp3) is 0.333. The number of halogens is 1. The Bertz CT molecular complexity index is 814. The van der Waals surface area contributed by atoms with Gasteiger partial charge in [-0.3, -0.25) is 4.98 Å². The van der Waals surface area contributed by atoms with Crippen molar-refractivity contribution in [2.24, 2.45) is 11.7 Å². The average Bonchev–Trinajstić information content (AvgIpc) is 2.96. The van der Waals surface area contributed by atoms with Gasteiger partial charge in [-0.25, -0.2) is 9.37 Å². The molecule has 0 aliphatic carbocycles. The zero-order valence-electron chi connectivity index (χ0n) is 13.8. The van der Waals surface area contributed by atoms with Crippen molar-refractivity contribution < 1.29 is 9.13 Å². The van der Waals surface area contributed by atoms with Crippen LogP contribution in [0.4, 0.5) is 4.39 Å². The molecule has 3 aromatic heterocycles. The van der Waals surface area contributed by atoms with Crippen molar-refractivity contribution in [3.63, 3.8) is 0 Å². The molecule has 0 amide bonds. The predicted octanol–water partition coefficient (Wildman–Crippen LogP) is 3.52. The Hall–Kier alpha value is -2.47. The Morgan fingerprint density at radius 3 is 2.79 bits per heavy atom. The van der Waals surface area contributed by atoms with Gasteiger partial charge in [0.2, 0.25) is 0 Å². The molecule has 0 bridgehead atoms. The Morgan fingerprint density at radius 1 is 1.25 bits per heavy atom. The molecule has 0 aliphatic rings. The number of pyridine rings is 2. The minimum Gasteiger partial charge on any atom is -0.490 e. The molecular formula is C18H21FN4O. The van der Waals surface area contributed by atoms with Crippen molar-refractivity contribution in [1.82, 2.24) is 15.0 Å². The zero-order valence-corrected chi connectivity index (χ0v) is 13.8. The smallest absolute Gasteiger partial charge is 0.142 e. The molecule has 24 heavy (non-hydrogen) atoms. The van der Waals surface area contributed by atoms with E-state index < -0.39 is 0 Å². The molecule has 1 atom stereocenters. The number of hydrogen-bond acceptors (Lipinski definition) is 4. The molecule has 3 heterocycles. The maximum Gasteiger partial charge on any atom is 0.142 e. The first-order chi connectivity index (χ1) is 11.5. The van der Waals surface area contributed by atoms with E-state index in [1.165, 1.54) is 12.3 Å². The Balaban J connectivity index is 1.73. The number of fused-ring (bicyclic) bond motifs is 1. The van der Waals surface area contributed by atoms with E-state index in [9.17, 15) is 4.39 Å². The fourth-order valence-electron chi connectivity index (χ4n) is 2.69. The Morgan fingerprint density at radius 2 is 2.08 bits per heavy atom. The van der Waals surface area contributed by atoms with Gasteiger partial charge in [0.15, 0.2) is 0 Å². The number of nitrogens with two attached hydrogens (primary N) is 1. The molecular weight excluding hydrogens is 307 g/mol. The molecule has 0 spiro atoms. The van der Waals surface area contributed by atoms with Gasteiger partial charge in [0.25, 0.3) is 0 Å². The van der Waals surface area contributed by atoms with Crippen LogP contribution in [-0.2, 0) is 0 Å². The lowest BCUT2D eigenvalue weighted by atomic mass is 10.1. The van der Waals surface area contributed by atoms with Crippen LogP contribution < -0.4 is 10.5 Å². The van der Waals surface area contributed by atoms with Crippen molar-refractivity contribution in [3.8, 4) is 17.0 Å².